The summed E-state index contributed by atoms with van der Waals surface area (Å²) in [6.45, 7) is 4.47. The first-order valence-electron chi connectivity index (χ1n) is 8.58. The van der Waals surface area contributed by atoms with E-state index in [0.29, 0.717) is 18.1 Å². The second-order valence-corrected chi connectivity index (χ2v) is 6.11. The lowest BCUT2D eigenvalue weighted by atomic mass is 9.94. The number of carbonyl (C=O) groups excluding carboxylic acids is 1. The maximum absolute atomic E-state index is 12.6. The van der Waals surface area contributed by atoms with Gasteiger partial charge in [-0.3, -0.25) is 4.79 Å². The summed E-state index contributed by atoms with van der Waals surface area (Å²) in [7, 11) is 0. The molecule has 2 unspecified atom stereocenters. The number of nitrogens with one attached hydrogen (secondary N) is 1. The predicted octanol–water partition coefficient (Wildman–Crippen LogP) is 3.06. The van der Waals surface area contributed by atoms with Crippen molar-refractivity contribution in [3.8, 4) is 11.4 Å². The molecule has 3 rings (SSSR count). The maximum atomic E-state index is 12.6. The molecule has 0 saturated heterocycles. The second kappa shape index (κ2) is 9.25. The Bertz CT molecular complexity index is 883. The minimum absolute atomic E-state index is 0. The average Bonchev–Trinajstić information content (AvgIpc) is 3.16. The van der Waals surface area contributed by atoms with Crippen molar-refractivity contribution in [2.75, 3.05) is 5.32 Å². The summed E-state index contributed by atoms with van der Waals surface area (Å²) in [6, 6.07) is 16.7. The van der Waals surface area contributed by atoms with Crippen LogP contribution in [0.4, 0.5) is 5.69 Å². The zero-order chi connectivity index (χ0) is 18.5. The van der Waals surface area contributed by atoms with Gasteiger partial charge in [-0.15, -0.1) is 17.5 Å². The average molecular weight is 387 g/mol. The van der Waals surface area contributed by atoms with E-state index >= 15 is 0 Å². The van der Waals surface area contributed by atoms with Crippen LogP contribution in [0.1, 0.15) is 25.5 Å². The molecule has 8 heteroatoms. The Morgan fingerprint density at radius 1 is 1.19 bits per heavy atom. The number of amides is 1. The van der Waals surface area contributed by atoms with Crippen LogP contribution in [-0.4, -0.2) is 26.1 Å². The van der Waals surface area contributed by atoms with Crippen molar-refractivity contribution in [1.82, 2.24) is 20.2 Å². The highest BCUT2D eigenvalue weighted by molar-refractivity contribution is 5.93. The van der Waals surface area contributed by atoms with Gasteiger partial charge in [0.25, 0.3) is 0 Å². The molecule has 0 aliphatic heterocycles. The Hall–Kier alpha value is -2.77. The molecule has 1 amide bonds. The molecule has 3 N–H and O–H groups in total. The third-order valence-corrected chi connectivity index (χ3v) is 4.36. The number of rotatable bonds is 6. The van der Waals surface area contributed by atoms with Crippen LogP contribution in [0.5, 0.6) is 0 Å². The zero-order valence-electron chi connectivity index (χ0n) is 15.2. The summed E-state index contributed by atoms with van der Waals surface area (Å²) in [5.74, 6) is 0.160. The number of tetrazole rings is 1. The Kier molecular flexibility index (Phi) is 7.04. The van der Waals surface area contributed by atoms with Gasteiger partial charge in [-0.25, -0.2) is 4.68 Å². The molecule has 0 spiro atoms. The van der Waals surface area contributed by atoms with E-state index in [-0.39, 0.29) is 30.3 Å². The monoisotopic (exact) mass is 386 g/mol. The van der Waals surface area contributed by atoms with Crippen LogP contribution < -0.4 is 11.1 Å². The fourth-order valence-corrected chi connectivity index (χ4v) is 2.74. The number of hydrogen-bond donors (Lipinski definition) is 2. The predicted molar refractivity (Wildman–Crippen MR) is 107 cm³/mol. The minimum Gasteiger partial charge on any atom is -0.326 e. The van der Waals surface area contributed by atoms with Gasteiger partial charge in [-0.1, -0.05) is 49.4 Å². The Morgan fingerprint density at radius 3 is 2.63 bits per heavy atom. The van der Waals surface area contributed by atoms with Crippen molar-refractivity contribution in [3.63, 3.8) is 0 Å². The minimum atomic E-state index is -0.373. The number of benzene rings is 2. The first-order chi connectivity index (χ1) is 12.6. The van der Waals surface area contributed by atoms with Crippen molar-refractivity contribution in [2.24, 2.45) is 11.7 Å². The third kappa shape index (κ3) is 4.69. The normalized spacial score (nSPS) is 12.7. The van der Waals surface area contributed by atoms with E-state index in [0.717, 1.165) is 11.1 Å². The molecule has 0 saturated carbocycles. The second-order valence-electron chi connectivity index (χ2n) is 6.11. The summed E-state index contributed by atoms with van der Waals surface area (Å²) in [5, 5.41) is 14.6. The van der Waals surface area contributed by atoms with Crippen LogP contribution in [0, 0.1) is 5.92 Å². The molecule has 0 bridgehead atoms. The van der Waals surface area contributed by atoms with Gasteiger partial charge in [0.05, 0.1) is 5.92 Å². The van der Waals surface area contributed by atoms with E-state index in [1.807, 2.05) is 68.4 Å². The highest BCUT2D eigenvalue weighted by Crippen LogP contribution is 2.23. The van der Waals surface area contributed by atoms with E-state index in [1.54, 1.807) is 4.68 Å². The van der Waals surface area contributed by atoms with Crippen LogP contribution in [0.2, 0.25) is 0 Å². The van der Waals surface area contributed by atoms with Crippen LogP contribution in [0.25, 0.3) is 11.4 Å². The van der Waals surface area contributed by atoms with E-state index in [4.69, 9.17) is 5.73 Å². The smallest absolute Gasteiger partial charge is 0.229 e. The highest BCUT2D eigenvalue weighted by Gasteiger charge is 2.22. The number of carbonyl (C=O) groups is 1. The Morgan fingerprint density at radius 2 is 1.93 bits per heavy atom. The largest absolute Gasteiger partial charge is 0.326 e. The number of anilines is 1. The Labute approximate surface area is 164 Å². The van der Waals surface area contributed by atoms with Crippen molar-refractivity contribution in [3.05, 3.63) is 60.2 Å². The number of nitrogens with two attached hydrogens (primary N) is 1. The Balaban J connectivity index is 0.00000261. The number of aromatic nitrogens is 4. The summed E-state index contributed by atoms with van der Waals surface area (Å²) in [4.78, 5) is 12.6. The van der Waals surface area contributed by atoms with E-state index < -0.39 is 0 Å². The third-order valence-electron chi connectivity index (χ3n) is 4.36. The molecule has 7 nitrogen and oxygen atoms in total. The van der Waals surface area contributed by atoms with Gasteiger partial charge in [-0.2, -0.15) is 0 Å². The lowest BCUT2D eigenvalue weighted by molar-refractivity contribution is -0.120. The first kappa shape index (κ1) is 20.5. The number of hydrogen-bond acceptors (Lipinski definition) is 5. The molecule has 0 fully saturated rings. The van der Waals surface area contributed by atoms with Gasteiger partial charge >= 0.3 is 0 Å². The summed E-state index contributed by atoms with van der Waals surface area (Å²) >= 11 is 0. The van der Waals surface area contributed by atoms with Crippen molar-refractivity contribution < 1.29 is 4.79 Å². The van der Waals surface area contributed by atoms with E-state index in [2.05, 4.69) is 20.8 Å². The standard InChI is InChI=1S/C19H22N6O.ClH/c1-3-25-18(22-23-24-25)15-10-7-11-16(12-15)21-19(26)13(2)17(20)14-8-5-4-6-9-14;/h4-13,17H,3,20H2,1-2H3,(H,21,26);1H. The molecule has 0 aliphatic rings. The lowest BCUT2D eigenvalue weighted by Gasteiger charge is -2.20. The summed E-state index contributed by atoms with van der Waals surface area (Å²) < 4.78 is 1.70. The van der Waals surface area contributed by atoms with Crippen molar-refractivity contribution in [2.45, 2.75) is 26.4 Å². The molecule has 3 aromatic rings. The fourth-order valence-electron chi connectivity index (χ4n) is 2.74. The number of nitrogens with zero attached hydrogens (tertiary/aromatic N) is 4. The van der Waals surface area contributed by atoms with Crippen LogP contribution in [0.3, 0.4) is 0 Å². The van der Waals surface area contributed by atoms with Gasteiger partial charge in [0.15, 0.2) is 5.82 Å². The van der Waals surface area contributed by atoms with Gasteiger partial charge in [-0.05, 0) is 35.0 Å². The van der Waals surface area contributed by atoms with Gasteiger partial charge < -0.3 is 11.1 Å². The fraction of sp³-hybridized carbons (Fsp3) is 0.263. The van der Waals surface area contributed by atoms with Crippen LogP contribution >= 0.6 is 12.4 Å². The molecular weight excluding hydrogens is 364 g/mol. The van der Waals surface area contributed by atoms with Crippen molar-refractivity contribution >= 4 is 24.0 Å². The van der Waals surface area contributed by atoms with Gasteiger partial charge in [0.2, 0.25) is 5.91 Å². The molecule has 1 aromatic heterocycles. The molecule has 0 radical (unpaired) electrons. The van der Waals surface area contributed by atoms with E-state index in [9.17, 15) is 4.79 Å². The van der Waals surface area contributed by atoms with Gasteiger partial charge in [0, 0.05) is 23.8 Å². The number of aryl methyl sites for hydroxylation is 1. The number of halogens is 1. The van der Waals surface area contributed by atoms with Crippen LogP contribution in [0.15, 0.2) is 54.6 Å². The van der Waals surface area contributed by atoms with E-state index in [1.165, 1.54) is 0 Å². The summed E-state index contributed by atoms with van der Waals surface area (Å²) in [5.41, 5.74) is 8.71. The topological polar surface area (TPSA) is 98.7 Å². The zero-order valence-corrected chi connectivity index (χ0v) is 16.1. The maximum Gasteiger partial charge on any atom is 0.229 e. The van der Waals surface area contributed by atoms with Crippen molar-refractivity contribution in [1.29, 1.82) is 0 Å². The lowest BCUT2D eigenvalue weighted by Crippen LogP contribution is -2.30. The molecular formula is C19H23ClN6O. The first-order valence-corrected chi connectivity index (χ1v) is 8.58. The highest BCUT2D eigenvalue weighted by atomic mass is 35.5. The summed E-state index contributed by atoms with van der Waals surface area (Å²) in [6.07, 6.45) is 0. The van der Waals surface area contributed by atoms with Gasteiger partial charge in [0.1, 0.15) is 0 Å². The molecule has 0 aliphatic carbocycles. The molecule has 27 heavy (non-hydrogen) atoms. The molecule has 1 heterocycles. The quantitative estimate of drug-likeness (QED) is 0.678. The molecule has 142 valence electrons. The molecule has 2 aromatic carbocycles. The molecule has 2 atom stereocenters. The van der Waals surface area contributed by atoms with Crippen LogP contribution in [-0.2, 0) is 11.3 Å². The SMILES string of the molecule is CCn1nnnc1-c1cccc(NC(=O)C(C)C(N)c2ccccc2)c1.Cl.